The molecule has 1 aliphatic rings. The largest absolute Gasteiger partial charge is 0.391 e. The summed E-state index contributed by atoms with van der Waals surface area (Å²) < 4.78 is 5.29. The first-order valence-corrected chi connectivity index (χ1v) is 7.81. The van der Waals surface area contributed by atoms with Crippen LogP contribution in [0, 0.1) is 5.92 Å². The van der Waals surface area contributed by atoms with Gasteiger partial charge in [0.1, 0.15) is 5.69 Å². The first-order chi connectivity index (χ1) is 11.1. The van der Waals surface area contributed by atoms with Crippen molar-refractivity contribution in [2.45, 2.75) is 25.5 Å². The molecular formula is C17H21N3O3. The van der Waals surface area contributed by atoms with Crippen LogP contribution in [0.5, 0.6) is 0 Å². The van der Waals surface area contributed by atoms with Crippen molar-refractivity contribution in [3.05, 3.63) is 42.1 Å². The molecule has 0 aliphatic heterocycles. The summed E-state index contributed by atoms with van der Waals surface area (Å²) in [4.78, 5) is 13.5. The first kappa shape index (κ1) is 15.6. The second kappa shape index (κ2) is 6.83. The smallest absolute Gasteiger partial charge is 0.317 e. The van der Waals surface area contributed by atoms with Gasteiger partial charge in [-0.3, -0.25) is 0 Å². The van der Waals surface area contributed by atoms with E-state index in [1.54, 1.807) is 7.05 Å². The molecule has 0 bridgehead atoms. The number of aromatic nitrogens is 1. The number of carbonyl (C=O) groups is 1. The van der Waals surface area contributed by atoms with E-state index >= 15 is 0 Å². The molecule has 1 aromatic carbocycles. The third-order valence-corrected chi connectivity index (χ3v) is 4.01. The Hall–Kier alpha value is -2.34. The summed E-state index contributed by atoms with van der Waals surface area (Å²) in [6.45, 7) is 0.642. The first-order valence-electron chi connectivity index (χ1n) is 7.81. The van der Waals surface area contributed by atoms with E-state index in [1.807, 2.05) is 36.4 Å². The van der Waals surface area contributed by atoms with E-state index in [0.717, 1.165) is 18.4 Å². The molecular weight excluding hydrogens is 294 g/mol. The summed E-state index contributed by atoms with van der Waals surface area (Å²) in [5, 5.41) is 16.6. The Morgan fingerprint density at radius 2 is 2.17 bits per heavy atom. The number of aliphatic hydroxyl groups excluding tert-OH is 1. The minimum Gasteiger partial charge on any atom is -0.391 e. The van der Waals surface area contributed by atoms with Gasteiger partial charge in [-0.05, 0) is 18.8 Å². The Kier molecular flexibility index (Phi) is 4.62. The van der Waals surface area contributed by atoms with Crippen molar-refractivity contribution in [1.29, 1.82) is 0 Å². The van der Waals surface area contributed by atoms with Gasteiger partial charge in [0, 0.05) is 25.2 Å². The molecule has 2 aromatic rings. The molecule has 2 N–H and O–H groups in total. The second-order valence-electron chi connectivity index (χ2n) is 5.99. The number of urea groups is 1. The number of carbonyl (C=O) groups excluding carboxylic acids is 1. The van der Waals surface area contributed by atoms with Crippen molar-refractivity contribution < 1.29 is 14.4 Å². The molecule has 0 radical (unpaired) electrons. The second-order valence-corrected chi connectivity index (χ2v) is 5.99. The van der Waals surface area contributed by atoms with E-state index in [4.69, 9.17) is 4.52 Å². The van der Waals surface area contributed by atoms with Gasteiger partial charge < -0.3 is 19.8 Å². The predicted octanol–water partition coefficient (Wildman–Crippen LogP) is 2.25. The Balaban J connectivity index is 1.50. The van der Waals surface area contributed by atoms with Gasteiger partial charge in [0.25, 0.3) is 0 Å². The molecule has 0 spiro atoms. The number of amides is 2. The molecule has 1 aliphatic carbocycles. The maximum atomic E-state index is 12.0. The van der Waals surface area contributed by atoms with Crippen molar-refractivity contribution in [2.75, 3.05) is 13.6 Å². The molecule has 1 unspecified atom stereocenters. The quantitative estimate of drug-likeness (QED) is 0.857. The number of hydrogen-bond donors (Lipinski definition) is 2. The highest BCUT2D eigenvalue weighted by atomic mass is 16.5. The lowest BCUT2D eigenvalue weighted by Gasteiger charge is -2.20. The Labute approximate surface area is 135 Å². The lowest BCUT2D eigenvalue weighted by molar-refractivity contribution is 0.113. The van der Waals surface area contributed by atoms with Gasteiger partial charge in [-0.1, -0.05) is 35.5 Å². The predicted molar refractivity (Wildman–Crippen MR) is 85.5 cm³/mol. The number of rotatable bonds is 6. The molecule has 3 rings (SSSR count). The van der Waals surface area contributed by atoms with Gasteiger partial charge in [-0.15, -0.1) is 0 Å². The SMILES string of the molecule is CN(CC(O)C1CC1)C(=O)NCc1cc(-c2ccccc2)on1. The molecule has 1 heterocycles. The number of hydrogen-bond acceptors (Lipinski definition) is 4. The van der Waals surface area contributed by atoms with Crippen molar-refractivity contribution >= 4 is 6.03 Å². The van der Waals surface area contributed by atoms with E-state index < -0.39 is 6.10 Å². The molecule has 0 saturated heterocycles. The fraction of sp³-hybridized carbons (Fsp3) is 0.412. The van der Waals surface area contributed by atoms with E-state index in [2.05, 4.69) is 10.5 Å². The lowest BCUT2D eigenvalue weighted by atomic mass is 10.2. The van der Waals surface area contributed by atoms with Gasteiger partial charge in [0.15, 0.2) is 5.76 Å². The van der Waals surface area contributed by atoms with Gasteiger partial charge in [-0.25, -0.2) is 4.79 Å². The zero-order chi connectivity index (χ0) is 16.2. The number of nitrogens with one attached hydrogen (secondary N) is 1. The van der Waals surface area contributed by atoms with Crippen molar-refractivity contribution in [1.82, 2.24) is 15.4 Å². The van der Waals surface area contributed by atoms with Crippen molar-refractivity contribution in [3.8, 4) is 11.3 Å². The van der Waals surface area contributed by atoms with Crippen LogP contribution in [0.3, 0.4) is 0 Å². The van der Waals surface area contributed by atoms with E-state index in [1.165, 1.54) is 4.90 Å². The van der Waals surface area contributed by atoms with Gasteiger partial charge in [-0.2, -0.15) is 0 Å². The molecule has 6 nitrogen and oxygen atoms in total. The average Bonchev–Trinajstić information content (AvgIpc) is 3.32. The molecule has 6 heteroatoms. The molecule has 122 valence electrons. The number of aliphatic hydroxyl groups is 1. The van der Waals surface area contributed by atoms with Crippen LogP contribution in [0.2, 0.25) is 0 Å². The number of benzene rings is 1. The van der Waals surface area contributed by atoms with Crippen LogP contribution in [0.1, 0.15) is 18.5 Å². The number of likely N-dealkylation sites (N-methyl/N-ethyl adjacent to an activating group) is 1. The fourth-order valence-corrected chi connectivity index (χ4v) is 2.43. The molecule has 2 amide bonds. The van der Waals surface area contributed by atoms with Crippen LogP contribution >= 0.6 is 0 Å². The van der Waals surface area contributed by atoms with Gasteiger partial charge in [0.05, 0.1) is 12.6 Å². The molecule has 1 saturated carbocycles. The minimum absolute atomic E-state index is 0.228. The Morgan fingerprint density at radius 1 is 1.43 bits per heavy atom. The highest BCUT2D eigenvalue weighted by Crippen LogP contribution is 2.32. The lowest BCUT2D eigenvalue weighted by Crippen LogP contribution is -2.41. The highest BCUT2D eigenvalue weighted by molar-refractivity contribution is 5.73. The van der Waals surface area contributed by atoms with Crippen LogP contribution in [0.25, 0.3) is 11.3 Å². The van der Waals surface area contributed by atoms with Crippen LogP contribution < -0.4 is 5.32 Å². The van der Waals surface area contributed by atoms with Crippen LogP contribution in [0.15, 0.2) is 40.9 Å². The third kappa shape index (κ3) is 4.10. The van der Waals surface area contributed by atoms with Gasteiger partial charge >= 0.3 is 6.03 Å². The topological polar surface area (TPSA) is 78.6 Å². The zero-order valence-corrected chi connectivity index (χ0v) is 13.1. The normalized spacial score (nSPS) is 15.2. The zero-order valence-electron chi connectivity index (χ0n) is 13.1. The summed E-state index contributed by atoms with van der Waals surface area (Å²) in [6, 6.07) is 11.3. The highest BCUT2D eigenvalue weighted by Gasteiger charge is 2.31. The van der Waals surface area contributed by atoms with Crippen LogP contribution in [0.4, 0.5) is 4.79 Å². The summed E-state index contributed by atoms with van der Waals surface area (Å²) in [6.07, 6.45) is 1.68. The standard InChI is InChI=1S/C17H21N3O3/c1-20(11-15(21)12-7-8-12)17(22)18-10-14-9-16(23-19-14)13-5-3-2-4-6-13/h2-6,9,12,15,21H,7-8,10-11H2,1H3,(H,18,22). The average molecular weight is 315 g/mol. The molecule has 1 aromatic heterocycles. The summed E-state index contributed by atoms with van der Waals surface area (Å²) in [7, 11) is 1.68. The fourth-order valence-electron chi connectivity index (χ4n) is 2.43. The number of nitrogens with zero attached hydrogens (tertiary/aromatic N) is 2. The monoisotopic (exact) mass is 315 g/mol. The molecule has 1 atom stereocenters. The van der Waals surface area contributed by atoms with Crippen LogP contribution in [-0.4, -0.2) is 40.9 Å². The van der Waals surface area contributed by atoms with Gasteiger partial charge in [0.2, 0.25) is 0 Å². The Morgan fingerprint density at radius 3 is 2.87 bits per heavy atom. The van der Waals surface area contributed by atoms with E-state index in [9.17, 15) is 9.90 Å². The summed E-state index contributed by atoms with van der Waals surface area (Å²) in [5.41, 5.74) is 1.61. The Bertz CT molecular complexity index is 652. The minimum atomic E-state index is -0.428. The maximum Gasteiger partial charge on any atom is 0.317 e. The van der Waals surface area contributed by atoms with Crippen molar-refractivity contribution in [3.63, 3.8) is 0 Å². The third-order valence-electron chi connectivity index (χ3n) is 4.01. The maximum absolute atomic E-state index is 12.0. The van der Waals surface area contributed by atoms with E-state index in [0.29, 0.717) is 30.5 Å². The summed E-state index contributed by atoms with van der Waals surface area (Å²) in [5.74, 6) is 1.03. The van der Waals surface area contributed by atoms with Crippen molar-refractivity contribution in [2.24, 2.45) is 5.92 Å². The molecule has 1 fully saturated rings. The van der Waals surface area contributed by atoms with E-state index in [-0.39, 0.29) is 6.03 Å². The summed E-state index contributed by atoms with van der Waals surface area (Å²) >= 11 is 0. The van der Waals surface area contributed by atoms with Crippen LogP contribution in [-0.2, 0) is 6.54 Å². The molecule has 23 heavy (non-hydrogen) atoms.